The Bertz CT molecular complexity index is 132. The Morgan fingerprint density at radius 3 is 3.18 bits per heavy atom. The van der Waals surface area contributed by atoms with Crippen LogP contribution in [0.4, 0.5) is 0 Å². The van der Waals surface area contributed by atoms with Gasteiger partial charge >= 0.3 is 5.97 Å². The molecular formula is C7H11O2S2. The zero-order valence-electron chi connectivity index (χ0n) is 6.41. The van der Waals surface area contributed by atoms with E-state index in [2.05, 4.69) is 0 Å². The summed E-state index contributed by atoms with van der Waals surface area (Å²) < 4.78 is 4.89. The Morgan fingerprint density at radius 2 is 2.64 bits per heavy atom. The topological polar surface area (TPSA) is 26.3 Å². The van der Waals surface area contributed by atoms with E-state index in [0.717, 1.165) is 12.2 Å². The molecule has 1 aliphatic rings. The Morgan fingerprint density at radius 1 is 1.82 bits per heavy atom. The van der Waals surface area contributed by atoms with Crippen LogP contribution in [0.15, 0.2) is 0 Å². The van der Waals surface area contributed by atoms with Gasteiger partial charge < -0.3 is 4.74 Å². The van der Waals surface area contributed by atoms with Gasteiger partial charge in [0.2, 0.25) is 0 Å². The second kappa shape index (κ2) is 4.93. The van der Waals surface area contributed by atoms with Crippen molar-refractivity contribution < 1.29 is 9.53 Å². The number of carbonyl (C=O) groups is 1. The predicted molar refractivity (Wildman–Crippen MR) is 49.4 cm³/mol. The molecule has 1 fully saturated rings. The highest BCUT2D eigenvalue weighted by Crippen LogP contribution is 2.32. The molecule has 1 unspecified atom stereocenters. The van der Waals surface area contributed by atoms with Crippen LogP contribution in [-0.2, 0) is 9.53 Å². The molecule has 1 atom stereocenters. The van der Waals surface area contributed by atoms with Gasteiger partial charge in [0.15, 0.2) is 0 Å². The first-order chi connectivity index (χ1) is 5.34. The summed E-state index contributed by atoms with van der Waals surface area (Å²) in [6.45, 7) is 2.33. The number of hydrogen-bond donors (Lipinski definition) is 0. The van der Waals surface area contributed by atoms with Crippen molar-refractivity contribution in [2.24, 2.45) is 0 Å². The van der Waals surface area contributed by atoms with Crippen LogP contribution in [-0.4, -0.2) is 23.6 Å². The Hall–Kier alpha value is 0.170. The minimum absolute atomic E-state index is 0.0520. The lowest BCUT2D eigenvalue weighted by atomic mass is 10.3. The second-order valence-corrected chi connectivity index (χ2v) is 4.49. The third-order valence-electron chi connectivity index (χ3n) is 1.34. The van der Waals surface area contributed by atoms with Gasteiger partial charge in [0, 0.05) is 0 Å². The molecule has 1 rings (SSSR count). The molecule has 4 heteroatoms. The molecular weight excluding hydrogens is 180 g/mol. The van der Waals surface area contributed by atoms with Crippen molar-refractivity contribution in [3.05, 3.63) is 5.08 Å². The number of rotatable bonds is 2. The first-order valence-electron chi connectivity index (χ1n) is 3.60. The maximum atomic E-state index is 11.1. The van der Waals surface area contributed by atoms with Crippen molar-refractivity contribution in [2.45, 2.75) is 18.6 Å². The van der Waals surface area contributed by atoms with E-state index >= 15 is 0 Å². The van der Waals surface area contributed by atoms with E-state index in [4.69, 9.17) is 4.74 Å². The van der Waals surface area contributed by atoms with Crippen LogP contribution < -0.4 is 0 Å². The first-order valence-corrected chi connectivity index (χ1v) is 5.59. The van der Waals surface area contributed by atoms with E-state index < -0.39 is 0 Å². The monoisotopic (exact) mass is 191 g/mol. The summed E-state index contributed by atoms with van der Waals surface area (Å²) in [6.07, 6.45) is 0.935. The van der Waals surface area contributed by atoms with Crippen molar-refractivity contribution in [1.29, 1.82) is 0 Å². The summed E-state index contributed by atoms with van der Waals surface area (Å²) in [7, 11) is 0. The lowest BCUT2D eigenvalue weighted by Gasteiger charge is -2.18. The number of thioether (sulfide) groups is 2. The van der Waals surface area contributed by atoms with Gasteiger partial charge in [-0.05, 0) is 19.1 Å². The maximum Gasteiger partial charge on any atom is 0.319 e. The molecule has 0 spiro atoms. The SMILES string of the molecule is CCOC(=O)C1CCS[CH]S1. The molecule has 0 saturated carbocycles. The number of hydrogen-bond acceptors (Lipinski definition) is 4. The van der Waals surface area contributed by atoms with Crippen LogP contribution in [0.25, 0.3) is 0 Å². The molecule has 63 valence electrons. The number of carbonyl (C=O) groups excluding carboxylic acids is 1. The molecule has 1 aliphatic heterocycles. The fourth-order valence-corrected chi connectivity index (χ4v) is 3.00. The minimum atomic E-state index is -0.0611. The van der Waals surface area contributed by atoms with E-state index in [0.29, 0.717) is 6.61 Å². The fraction of sp³-hybridized carbons (Fsp3) is 0.714. The van der Waals surface area contributed by atoms with E-state index in [1.165, 1.54) is 0 Å². The van der Waals surface area contributed by atoms with E-state index in [9.17, 15) is 4.79 Å². The second-order valence-electron chi connectivity index (χ2n) is 2.13. The van der Waals surface area contributed by atoms with Gasteiger partial charge in [0.25, 0.3) is 0 Å². The summed E-state index contributed by atoms with van der Waals surface area (Å²) in [5.41, 5.74) is 0. The summed E-state index contributed by atoms with van der Waals surface area (Å²) in [5, 5.41) is 2.07. The molecule has 2 nitrogen and oxygen atoms in total. The first kappa shape index (κ1) is 9.26. The minimum Gasteiger partial charge on any atom is -0.465 e. The molecule has 0 aromatic heterocycles. The molecule has 1 saturated heterocycles. The lowest BCUT2D eigenvalue weighted by Crippen LogP contribution is -2.22. The standard InChI is InChI=1S/C7H11O2S2/c1-2-9-7(8)6-3-4-10-5-11-6/h5-6H,2-4H2,1H3. The Labute approximate surface area is 75.4 Å². The van der Waals surface area contributed by atoms with Crippen LogP contribution >= 0.6 is 23.5 Å². The van der Waals surface area contributed by atoms with Crippen molar-refractivity contribution in [3.63, 3.8) is 0 Å². The van der Waals surface area contributed by atoms with Crippen LogP contribution in [0.3, 0.4) is 0 Å². The smallest absolute Gasteiger partial charge is 0.319 e. The van der Waals surface area contributed by atoms with Gasteiger partial charge in [0.1, 0.15) is 5.25 Å². The van der Waals surface area contributed by atoms with Crippen LogP contribution in [0.2, 0.25) is 0 Å². The maximum absolute atomic E-state index is 11.1. The van der Waals surface area contributed by atoms with Crippen LogP contribution in [0, 0.1) is 5.08 Å². The largest absolute Gasteiger partial charge is 0.465 e. The third kappa shape index (κ3) is 2.95. The van der Waals surface area contributed by atoms with E-state index in [1.807, 2.05) is 12.0 Å². The van der Waals surface area contributed by atoms with E-state index in [1.54, 1.807) is 23.5 Å². The molecule has 0 aliphatic carbocycles. The summed E-state index contributed by atoms with van der Waals surface area (Å²) in [4.78, 5) is 11.1. The molecule has 0 amide bonds. The number of esters is 1. The normalized spacial score (nSPS) is 24.6. The highest BCUT2D eigenvalue weighted by molar-refractivity contribution is 8.20. The van der Waals surface area contributed by atoms with Gasteiger partial charge in [-0.15, -0.1) is 23.5 Å². The van der Waals surface area contributed by atoms with Crippen molar-refractivity contribution in [3.8, 4) is 0 Å². The average molecular weight is 191 g/mol. The number of ether oxygens (including phenoxy) is 1. The summed E-state index contributed by atoms with van der Waals surface area (Å²) in [6, 6.07) is 0. The molecule has 1 radical (unpaired) electrons. The Balaban J connectivity index is 2.27. The van der Waals surface area contributed by atoms with Crippen LogP contribution in [0.5, 0.6) is 0 Å². The van der Waals surface area contributed by atoms with Crippen molar-refractivity contribution in [2.75, 3.05) is 12.4 Å². The highest BCUT2D eigenvalue weighted by atomic mass is 32.2. The van der Waals surface area contributed by atoms with Gasteiger partial charge in [-0.1, -0.05) is 0 Å². The average Bonchev–Trinajstić information content (AvgIpc) is 2.07. The quantitative estimate of drug-likeness (QED) is 0.623. The zero-order chi connectivity index (χ0) is 8.10. The molecule has 0 N–H and O–H groups in total. The van der Waals surface area contributed by atoms with Gasteiger partial charge in [0.05, 0.1) is 11.7 Å². The van der Waals surface area contributed by atoms with Crippen molar-refractivity contribution >= 4 is 29.5 Å². The lowest BCUT2D eigenvalue weighted by molar-refractivity contribution is -0.142. The molecule has 11 heavy (non-hydrogen) atoms. The highest BCUT2D eigenvalue weighted by Gasteiger charge is 2.22. The van der Waals surface area contributed by atoms with E-state index in [-0.39, 0.29) is 11.2 Å². The Kier molecular flexibility index (Phi) is 4.15. The van der Waals surface area contributed by atoms with Crippen molar-refractivity contribution in [1.82, 2.24) is 0 Å². The molecule has 0 aromatic carbocycles. The van der Waals surface area contributed by atoms with Gasteiger partial charge in [-0.3, -0.25) is 4.79 Å². The van der Waals surface area contributed by atoms with Gasteiger partial charge in [-0.2, -0.15) is 0 Å². The summed E-state index contributed by atoms with van der Waals surface area (Å²) in [5.74, 6) is 0.977. The fourth-order valence-electron chi connectivity index (χ4n) is 0.806. The molecule has 1 heterocycles. The van der Waals surface area contributed by atoms with Gasteiger partial charge in [-0.25, -0.2) is 0 Å². The predicted octanol–water partition coefficient (Wildman–Crippen LogP) is 1.91. The van der Waals surface area contributed by atoms with Crippen LogP contribution in [0.1, 0.15) is 13.3 Å². The molecule has 0 aromatic rings. The summed E-state index contributed by atoms with van der Waals surface area (Å²) >= 11 is 3.34. The zero-order valence-corrected chi connectivity index (χ0v) is 8.04. The molecule has 0 bridgehead atoms. The third-order valence-corrected chi connectivity index (χ3v) is 3.55.